The van der Waals surface area contributed by atoms with Crippen LogP contribution in [-0.4, -0.2) is 60.4 Å². The smallest absolute Gasteiger partial charge is 0.234 e. The normalized spacial score (nSPS) is 16.7. The van der Waals surface area contributed by atoms with E-state index in [0.717, 1.165) is 6.42 Å². The summed E-state index contributed by atoms with van der Waals surface area (Å²) in [5.41, 5.74) is 0.690. The van der Waals surface area contributed by atoms with Crippen LogP contribution in [0.25, 0.3) is 0 Å². The van der Waals surface area contributed by atoms with Crippen LogP contribution >= 0.6 is 0 Å². The Labute approximate surface area is 142 Å². The highest BCUT2D eigenvalue weighted by Gasteiger charge is 2.22. The van der Waals surface area contributed by atoms with Gasteiger partial charge in [-0.15, -0.1) is 0 Å². The maximum atomic E-state index is 13.2. The third kappa shape index (κ3) is 5.60. The van der Waals surface area contributed by atoms with Gasteiger partial charge in [-0.1, -0.05) is 19.1 Å². The van der Waals surface area contributed by atoms with Crippen molar-refractivity contribution in [3.05, 3.63) is 35.6 Å². The van der Waals surface area contributed by atoms with Crippen molar-refractivity contribution in [1.82, 2.24) is 15.1 Å². The summed E-state index contributed by atoms with van der Waals surface area (Å²) in [6.07, 6.45) is 1.13. The van der Waals surface area contributed by atoms with Gasteiger partial charge in [-0.25, -0.2) is 4.39 Å². The fourth-order valence-corrected chi connectivity index (χ4v) is 2.71. The Bertz CT molecular complexity index is 571. The standard InChI is InChI=1S/C18H26FN3O2/c1-3-14(2)20-17(23)13-21-7-9-22(10-8-21)18(24)12-15-5-4-6-16(19)11-15/h4-6,11,14H,3,7-10,12-13H2,1-2H3,(H,20,23). The third-order valence-corrected chi connectivity index (χ3v) is 4.36. The molecule has 2 amide bonds. The Morgan fingerprint density at radius 2 is 1.96 bits per heavy atom. The fraction of sp³-hybridized carbons (Fsp3) is 0.556. The Morgan fingerprint density at radius 3 is 2.58 bits per heavy atom. The highest BCUT2D eigenvalue weighted by Crippen LogP contribution is 2.08. The van der Waals surface area contributed by atoms with Crippen molar-refractivity contribution < 1.29 is 14.0 Å². The number of piperazine rings is 1. The number of nitrogens with zero attached hydrogens (tertiary/aromatic N) is 2. The Morgan fingerprint density at radius 1 is 1.25 bits per heavy atom. The lowest BCUT2D eigenvalue weighted by Crippen LogP contribution is -2.52. The molecule has 1 N–H and O–H groups in total. The van der Waals surface area contributed by atoms with Crippen LogP contribution in [0.4, 0.5) is 4.39 Å². The maximum absolute atomic E-state index is 13.2. The molecule has 1 aliphatic heterocycles. The van der Waals surface area contributed by atoms with Gasteiger partial charge >= 0.3 is 0 Å². The van der Waals surface area contributed by atoms with Crippen molar-refractivity contribution in [2.24, 2.45) is 0 Å². The minimum absolute atomic E-state index is 0.00399. The number of carbonyl (C=O) groups is 2. The number of rotatable bonds is 6. The quantitative estimate of drug-likeness (QED) is 0.856. The molecule has 0 bridgehead atoms. The molecular formula is C18H26FN3O2. The lowest BCUT2D eigenvalue weighted by Gasteiger charge is -2.34. The molecule has 2 rings (SSSR count). The van der Waals surface area contributed by atoms with Crippen LogP contribution in [0, 0.1) is 5.82 Å². The lowest BCUT2D eigenvalue weighted by atomic mass is 10.1. The average molecular weight is 335 g/mol. The van der Waals surface area contributed by atoms with Crippen molar-refractivity contribution in [3.63, 3.8) is 0 Å². The van der Waals surface area contributed by atoms with Crippen molar-refractivity contribution in [2.75, 3.05) is 32.7 Å². The van der Waals surface area contributed by atoms with Crippen LogP contribution < -0.4 is 5.32 Å². The molecule has 1 saturated heterocycles. The summed E-state index contributed by atoms with van der Waals surface area (Å²) in [7, 11) is 0. The molecular weight excluding hydrogens is 309 g/mol. The van der Waals surface area contributed by atoms with Crippen molar-refractivity contribution in [2.45, 2.75) is 32.7 Å². The van der Waals surface area contributed by atoms with E-state index in [1.807, 2.05) is 13.8 Å². The molecule has 0 saturated carbocycles. The van der Waals surface area contributed by atoms with E-state index >= 15 is 0 Å². The molecule has 5 nitrogen and oxygen atoms in total. The first-order valence-electron chi connectivity index (χ1n) is 8.52. The highest BCUT2D eigenvalue weighted by atomic mass is 19.1. The summed E-state index contributed by atoms with van der Waals surface area (Å²) < 4.78 is 13.2. The maximum Gasteiger partial charge on any atom is 0.234 e. The largest absolute Gasteiger partial charge is 0.353 e. The first-order chi connectivity index (χ1) is 11.5. The SMILES string of the molecule is CCC(C)NC(=O)CN1CCN(C(=O)Cc2cccc(F)c2)CC1. The second kappa shape index (κ2) is 8.78. The Hall–Kier alpha value is -1.95. The van der Waals surface area contributed by atoms with Gasteiger partial charge in [0.05, 0.1) is 13.0 Å². The molecule has 1 unspecified atom stereocenters. The first-order valence-corrected chi connectivity index (χ1v) is 8.52. The van der Waals surface area contributed by atoms with E-state index in [0.29, 0.717) is 38.3 Å². The monoisotopic (exact) mass is 335 g/mol. The number of benzene rings is 1. The second-order valence-electron chi connectivity index (χ2n) is 6.34. The van der Waals surface area contributed by atoms with Gasteiger partial charge in [-0.05, 0) is 31.0 Å². The van der Waals surface area contributed by atoms with E-state index < -0.39 is 0 Å². The molecule has 0 aromatic heterocycles. The van der Waals surface area contributed by atoms with Gasteiger partial charge in [0.1, 0.15) is 5.82 Å². The third-order valence-electron chi connectivity index (χ3n) is 4.36. The van der Waals surface area contributed by atoms with Crippen molar-refractivity contribution >= 4 is 11.8 Å². The lowest BCUT2D eigenvalue weighted by molar-refractivity contribution is -0.132. The average Bonchev–Trinajstić information content (AvgIpc) is 2.55. The molecule has 0 aliphatic carbocycles. The number of amides is 2. The first kappa shape index (κ1) is 18.4. The second-order valence-corrected chi connectivity index (χ2v) is 6.34. The van der Waals surface area contributed by atoms with E-state index in [1.54, 1.807) is 17.0 Å². The molecule has 1 aromatic carbocycles. The highest BCUT2D eigenvalue weighted by molar-refractivity contribution is 5.79. The number of nitrogens with one attached hydrogen (secondary N) is 1. The van der Waals surface area contributed by atoms with Crippen LogP contribution in [0.3, 0.4) is 0 Å². The molecule has 1 aromatic rings. The zero-order valence-corrected chi connectivity index (χ0v) is 14.4. The van der Waals surface area contributed by atoms with Gasteiger partial charge in [0.15, 0.2) is 0 Å². The molecule has 1 fully saturated rings. The van der Waals surface area contributed by atoms with Gasteiger partial charge in [0, 0.05) is 32.2 Å². The van der Waals surface area contributed by atoms with Crippen LogP contribution in [0.2, 0.25) is 0 Å². The Kier molecular flexibility index (Phi) is 6.73. The summed E-state index contributed by atoms with van der Waals surface area (Å²) in [6, 6.07) is 6.33. The fourth-order valence-electron chi connectivity index (χ4n) is 2.71. The van der Waals surface area contributed by atoms with Crippen LogP contribution in [0.5, 0.6) is 0 Å². The number of halogens is 1. The van der Waals surface area contributed by atoms with Crippen molar-refractivity contribution in [1.29, 1.82) is 0 Å². The van der Waals surface area contributed by atoms with Crippen molar-refractivity contribution in [3.8, 4) is 0 Å². The predicted molar refractivity (Wildman–Crippen MR) is 91.0 cm³/mol. The molecule has 1 heterocycles. The number of hydrogen-bond donors (Lipinski definition) is 1. The van der Waals surface area contributed by atoms with Gasteiger partial charge in [0.2, 0.25) is 11.8 Å². The molecule has 0 spiro atoms. The van der Waals surface area contributed by atoms with Crippen LogP contribution in [-0.2, 0) is 16.0 Å². The van der Waals surface area contributed by atoms with E-state index in [2.05, 4.69) is 10.2 Å². The summed E-state index contributed by atoms with van der Waals surface area (Å²) >= 11 is 0. The van der Waals surface area contributed by atoms with Gasteiger partial charge in [-0.3, -0.25) is 14.5 Å². The van der Waals surface area contributed by atoms with Crippen LogP contribution in [0.1, 0.15) is 25.8 Å². The summed E-state index contributed by atoms with van der Waals surface area (Å²) in [4.78, 5) is 28.0. The molecule has 6 heteroatoms. The molecule has 0 radical (unpaired) electrons. The van der Waals surface area contributed by atoms with E-state index in [9.17, 15) is 14.0 Å². The van der Waals surface area contributed by atoms with Gasteiger partial charge in [0.25, 0.3) is 0 Å². The predicted octanol–water partition coefficient (Wildman–Crippen LogP) is 1.43. The molecule has 132 valence electrons. The minimum atomic E-state index is -0.322. The van der Waals surface area contributed by atoms with Gasteiger partial charge in [-0.2, -0.15) is 0 Å². The minimum Gasteiger partial charge on any atom is -0.353 e. The summed E-state index contributed by atoms with van der Waals surface area (Å²) in [6.45, 7) is 6.96. The zero-order chi connectivity index (χ0) is 17.5. The van der Waals surface area contributed by atoms with Crippen LogP contribution in [0.15, 0.2) is 24.3 Å². The molecule has 24 heavy (non-hydrogen) atoms. The topological polar surface area (TPSA) is 52.7 Å². The number of carbonyl (C=O) groups excluding carboxylic acids is 2. The van der Waals surface area contributed by atoms with E-state index in [4.69, 9.17) is 0 Å². The zero-order valence-electron chi connectivity index (χ0n) is 14.4. The van der Waals surface area contributed by atoms with E-state index in [1.165, 1.54) is 12.1 Å². The summed E-state index contributed by atoms with van der Waals surface area (Å²) in [5, 5.41) is 2.95. The summed E-state index contributed by atoms with van der Waals surface area (Å²) in [5.74, 6) is -0.286. The Balaban J connectivity index is 1.75. The molecule has 1 atom stereocenters. The van der Waals surface area contributed by atoms with E-state index in [-0.39, 0.29) is 30.1 Å². The molecule has 1 aliphatic rings. The van der Waals surface area contributed by atoms with Gasteiger partial charge < -0.3 is 10.2 Å². The number of hydrogen-bond acceptors (Lipinski definition) is 3.